The van der Waals surface area contributed by atoms with E-state index in [1.165, 1.54) is 0 Å². The van der Waals surface area contributed by atoms with Crippen molar-refractivity contribution < 1.29 is 14.3 Å². The molecule has 0 atom stereocenters. The number of hydrogen-bond acceptors (Lipinski definition) is 4. The molecule has 0 aliphatic heterocycles. The largest absolute Gasteiger partial charge is 0.380 e. The summed E-state index contributed by atoms with van der Waals surface area (Å²) in [5.41, 5.74) is 1.56. The number of anilines is 1. The monoisotopic (exact) mass is 280 g/mol. The minimum absolute atomic E-state index is 0.0497. The Morgan fingerprint density at radius 2 is 1.90 bits per heavy atom. The fourth-order valence-electron chi connectivity index (χ4n) is 1.92. The minimum atomic E-state index is -0.308. The number of rotatable bonds is 8. The van der Waals surface area contributed by atoms with E-state index < -0.39 is 0 Å². The van der Waals surface area contributed by atoms with Crippen molar-refractivity contribution in [2.75, 3.05) is 39.2 Å². The highest BCUT2D eigenvalue weighted by Gasteiger charge is 2.12. The molecule has 0 bridgehead atoms. The molecular weight excluding hydrogens is 256 g/mol. The Labute approximate surface area is 120 Å². The Morgan fingerprint density at radius 3 is 2.45 bits per heavy atom. The van der Waals surface area contributed by atoms with Crippen molar-refractivity contribution >= 4 is 11.6 Å². The van der Waals surface area contributed by atoms with E-state index in [1.807, 2.05) is 38.1 Å². The smallest absolute Gasteiger partial charge is 0.253 e. The molecule has 1 amide bonds. The number of carbonyl (C=O) groups is 1. The van der Waals surface area contributed by atoms with Gasteiger partial charge in [0.2, 0.25) is 0 Å². The van der Waals surface area contributed by atoms with Crippen LogP contribution in [0.3, 0.4) is 0 Å². The van der Waals surface area contributed by atoms with Gasteiger partial charge < -0.3 is 19.7 Å². The third-order valence-electron chi connectivity index (χ3n) is 3.16. The predicted octanol–water partition coefficient (Wildman–Crippen LogP) is 2.20. The zero-order valence-electron chi connectivity index (χ0n) is 12.7. The third kappa shape index (κ3) is 4.51. The van der Waals surface area contributed by atoms with E-state index in [2.05, 4.69) is 5.32 Å². The summed E-state index contributed by atoms with van der Waals surface area (Å²) >= 11 is 0. The molecule has 0 fully saturated rings. The molecule has 0 saturated heterocycles. The second-order valence-electron chi connectivity index (χ2n) is 4.34. The summed E-state index contributed by atoms with van der Waals surface area (Å²) in [7, 11) is 3.19. The van der Waals surface area contributed by atoms with E-state index in [4.69, 9.17) is 9.47 Å². The van der Waals surface area contributed by atoms with Gasteiger partial charge in [0.15, 0.2) is 6.29 Å². The maximum Gasteiger partial charge on any atom is 0.253 e. The highest BCUT2D eigenvalue weighted by Crippen LogP contribution is 2.13. The van der Waals surface area contributed by atoms with Gasteiger partial charge in [0, 0.05) is 38.6 Å². The van der Waals surface area contributed by atoms with Gasteiger partial charge in [-0.1, -0.05) is 6.07 Å². The zero-order chi connectivity index (χ0) is 15.0. The Hall–Kier alpha value is -1.59. The first kappa shape index (κ1) is 16.5. The second-order valence-corrected chi connectivity index (χ2v) is 4.34. The van der Waals surface area contributed by atoms with Crippen LogP contribution in [-0.2, 0) is 9.47 Å². The van der Waals surface area contributed by atoms with Gasteiger partial charge in [0.05, 0.1) is 6.54 Å². The van der Waals surface area contributed by atoms with E-state index in [-0.39, 0.29) is 12.2 Å². The molecular formula is C15H24N2O3. The van der Waals surface area contributed by atoms with E-state index in [1.54, 1.807) is 19.1 Å². The van der Waals surface area contributed by atoms with Crippen LogP contribution in [-0.4, -0.2) is 51.0 Å². The molecule has 1 N–H and O–H groups in total. The average Bonchev–Trinajstić information content (AvgIpc) is 2.49. The van der Waals surface area contributed by atoms with Crippen LogP contribution in [0.2, 0.25) is 0 Å². The number of benzene rings is 1. The topological polar surface area (TPSA) is 50.8 Å². The van der Waals surface area contributed by atoms with E-state index >= 15 is 0 Å². The number of nitrogens with zero attached hydrogens (tertiary/aromatic N) is 1. The maximum atomic E-state index is 12.3. The molecule has 0 saturated carbocycles. The van der Waals surface area contributed by atoms with Crippen molar-refractivity contribution in [1.82, 2.24) is 4.90 Å². The average molecular weight is 280 g/mol. The number of nitrogens with one attached hydrogen (secondary N) is 1. The third-order valence-corrected chi connectivity index (χ3v) is 3.16. The van der Waals surface area contributed by atoms with Crippen molar-refractivity contribution in [1.29, 1.82) is 0 Å². The van der Waals surface area contributed by atoms with Crippen molar-refractivity contribution in [2.24, 2.45) is 0 Å². The van der Waals surface area contributed by atoms with Gasteiger partial charge in [0.25, 0.3) is 5.91 Å². The van der Waals surface area contributed by atoms with Gasteiger partial charge >= 0.3 is 0 Å². The van der Waals surface area contributed by atoms with Crippen molar-refractivity contribution in [3.8, 4) is 0 Å². The van der Waals surface area contributed by atoms with Crippen LogP contribution in [0, 0.1) is 0 Å². The molecule has 1 aromatic rings. The lowest BCUT2D eigenvalue weighted by Crippen LogP contribution is -2.30. The summed E-state index contributed by atoms with van der Waals surface area (Å²) in [6.45, 7) is 5.90. The van der Waals surface area contributed by atoms with Gasteiger partial charge in [-0.2, -0.15) is 0 Å². The SMILES string of the molecule is CCN(CC)C(=O)c1cccc(NCC(OC)OC)c1. The van der Waals surface area contributed by atoms with Gasteiger partial charge in [0.1, 0.15) is 0 Å². The Bertz CT molecular complexity index is 415. The molecule has 0 aromatic heterocycles. The van der Waals surface area contributed by atoms with Crippen LogP contribution in [0.1, 0.15) is 24.2 Å². The molecule has 1 aromatic carbocycles. The quantitative estimate of drug-likeness (QED) is 0.742. The molecule has 5 nitrogen and oxygen atoms in total. The summed E-state index contributed by atoms with van der Waals surface area (Å²) < 4.78 is 10.2. The standard InChI is InChI=1S/C15H24N2O3/c1-5-17(6-2)15(18)12-8-7-9-13(10-12)16-11-14(19-3)20-4/h7-10,14,16H,5-6,11H2,1-4H3. The molecule has 0 aliphatic carbocycles. The highest BCUT2D eigenvalue weighted by atomic mass is 16.7. The second kappa shape index (κ2) is 8.55. The Balaban J connectivity index is 2.72. The maximum absolute atomic E-state index is 12.3. The Kier molecular flexibility index (Phi) is 7.04. The first-order chi connectivity index (χ1) is 9.65. The first-order valence-corrected chi connectivity index (χ1v) is 6.85. The lowest BCUT2D eigenvalue weighted by Gasteiger charge is -2.19. The highest BCUT2D eigenvalue weighted by molar-refractivity contribution is 5.95. The van der Waals surface area contributed by atoms with Gasteiger partial charge in [-0.25, -0.2) is 0 Å². The van der Waals surface area contributed by atoms with Gasteiger partial charge in [-0.05, 0) is 32.0 Å². The summed E-state index contributed by atoms with van der Waals surface area (Å²) in [5, 5.41) is 3.20. The van der Waals surface area contributed by atoms with E-state index in [9.17, 15) is 4.79 Å². The van der Waals surface area contributed by atoms with E-state index in [0.717, 1.165) is 5.69 Å². The minimum Gasteiger partial charge on any atom is -0.380 e. The summed E-state index contributed by atoms with van der Waals surface area (Å²) in [5.74, 6) is 0.0497. The molecule has 0 radical (unpaired) electrons. The van der Waals surface area contributed by atoms with Gasteiger partial charge in [-0.3, -0.25) is 4.79 Å². The van der Waals surface area contributed by atoms with Crippen LogP contribution >= 0.6 is 0 Å². The van der Waals surface area contributed by atoms with Crippen molar-refractivity contribution in [3.05, 3.63) is 29.8 Å². The lowest BCUT2D eigenvalue weighted by atomic mass is 10.1. The Morgan fingerprint density at radius 1 is 1.25 bits per heavy atom. The van der Waals surface area contributed by atoms with Crippen molar-refractivity contribution in [2.45, 2.75) is 20.1 Å². The van der Waals surface area contributed by atoms with Gasteiger partial charge in [-0.15, -0.1) is 0 Å². The van der Waals surface area contributed by atoms with Crippen LogP contribution in [0.5, 0.6) is 0 Å². The number of amides is 1. The predicted molar refractivity (Wildman–Crippen MR) is 80.0 cm³/mol. The number of methoxy groups -OCH3 is 2. The lowest BCUT2D eigenvalue weighted by molar-refractivity contribution is -0.0914. The fraction of sp³-hybridized carbons (Fsp3) is 0.533. The molecule has 1 rings (SSSR count). The molecule has 5 heteroatoms. The fourth-order valence-corrected chi connectivity index (χ4v) is 1.92. The molecule has 0 unspecified atom stereocenters. The number of carbonyl (C=O) groups excluding carboxylic acids is 1. The number of ether oxygens (including phenoxy) is 2. The van der Waals surface area contributed by atoms with Crippen LogP contribution in [0.15, 0.2) is 24.3 Å². The molecule has 0 spiro atoms. The van der Waals surface area contributed by atoms with Crippen LogP contribution < -0.4 is 5.32 Å². The summed E-state index contributed by atoms with van der Waals surface area (Å²) in [6.07, 6.45) is -0.308. The molecule has 0 heterocycles. The normalized spacial score (nSPS) is 10.7. The molecule has 20 heavy (non-hydrogen) atoms. The molecule has 0 aliphatic rings. The summed E-state index contributed by atoms with van der Waals surface area (Å²) in [6, 6.07) is 7.47. The molecule has 112 valence electrons. The first-order valence-electron chi connectivity index (χ1n) is 6.85. The number of hydrogen-bond donors (Lipinski definition) is 1. The van der Waals surface area contributed by atoms with Crippen molar-refractivity contribution in [3.63, 3.8) is 0 Å². The zero-order valence-corrected chi connectivity index (χ0v) is 12.7. The van der Waals surface area contributed by atoms with E-state index in [0.29, 0.717) is 25.2 Å². The van der Waals surface area contributed by atoms with Crippen LogP contribution in [0.25, 0.3) is 0 Å². The summed E-state index contributed by atoms with van der Waals surface area (Å²) in [4.78, 5) is 14.1. The van der Waals surface area contributed by atoms with Crippen LogP contribution in [0.4, 0.5) is 5.69 Å².